The van der Waals surface area contributed by atoms with Gasteiger partial charge < -0.3 is 15.3 Å². The molecule has 1 saturated heterocycles. The van der Waals surface area contributed by atoms with Crippen LogP contribution in [0.1, 0.15) is 46.0 Å². The van der Waals surface area contributed by atoms with Gasteiger partial charge in [-0.25, -0.2) is 4.79 Å². The zero-order chi connectivity index (χ0) is 14.0. The predicted molar refractivity (Wildman–Crippen MR) is 71.9 cm³/mol. The van der Waals surface area contributed by atoms with Gasteiger partial charge in [-0.3, -0.25) is 4.79 Å². The molecule has 2 fully saturated rings. The maximum Gasteiger partial charge on any atom is 0.317 e. The van der Waals surface area contributed by atoms with E-state index in [0.717, 1.165) is 19.3 Å². The second-order valence-electron chi connectivity index (χ2n) is 6.68. The van der Waals surface area contributed by atoms with Crippen LogP contribution in [0.3, 0.4) is 0 Å². The van der Waals surface area contributed by atoms with Gasteiger partial charge in [0.2, 0.25) is 0 Å². The normalized spacial score (nSPS) is 30.1. The van der Waals surface area contributed by atoms with Crippen molar-refractivity contribution in [1.29, 1.82) is 0 Å². The van der Waals surface area contributed by atoms with Crippen LogP contribution in [0.2, 0.25) is 0 Å². The largest absolute Gasteiger partial charge is 0.481 e. The van der Waals surface area contributed by atoms with E-state index in [2.05, 4.69) is 19.2 Å². The molecule has 2 aliphatic rings. The Hall–Kier alpha value is -1.26. The number of hydrogen-bond acceptors (Lipinski definition) is 2. The van der Waals surface area contributed by atoms with E-state index in [1.807, 2.05) is 0 Å². The molecule has 5 nitrogen and oxygen atoms in total. The quantitative estimate of drug-likeness (QED) is 0.805. The third kappa shape index (κ3) is 3.61. The smallest absolute Gasteiger partial charge is 0.317 e. The number of rotatable bonds is 2. The number of carbonyl (C=O) groups excluding carboxylic acids is 1. The van der Waals surface area contributed by atoms with Crippen molar-refractivity contribution in [2.75, 3.05) is 13.1 Å². The molecule has 2 N–H and O–H groups in total. The number of likely N-dealkylation sites (tertiary alicyclic amines) is 1. The van der Waals surface area contributed by atoms with Gasteiger partial charge in [0.05, 0.1) is 5.92 Å². The Morgan fingerprint density at radius 2 is 2.05 bits per heavy atom. The fourth-order valence-electron chi connectivity index (χ4n) is 3.23. The summed E-state index contributed by atoms with van der Waals surface area (Å²) in [5.41, 5.74) is 0.296. The summed E-state index contributed by atoms with van der Waals surface area (Å²) in [6.07, 6.45) is 4.97. The number of amides is 2. The van der Waals surface area contributed by atoms with E-state index >= 15 is 0 Å². The van der Waals surface area contributed by atoms with Crippen LogP contribution >= 0.6 is 0 Å². The van der Waals surface area contributed by atoms with Crippen molar-refractivity contribution in [2.45, 2.75) is 52.0 Å². The molecule has 1 saturated carbocycles. The molecule has 1 aliphatic carbocycles. The number of urea groups is 1. The van der Waals surface area contributed by atoms with Crippen LogP contribution in [0.4, 0.5) is 4.79 Å². The first-order valence-corrected chi connectivity index (χ1v) is 7.16. The minimum atomic E-state index is -0.797. The van der Waals surface area contributed by atoms with Crippen LogP contribution in [0.5, 0.6) is 0 Å². The molecular weight excluding hydrogens is 244 g/mol. The zero-order valence-corrected chi connectivity index (χ0v) is 11.8. The number of hydrogen-bond donors (Lipinski definition) is 2. The van der Waals surface area contributed by atoms with Crippen molar-refractivity contribution >= 4 is 12.0 Å². The standard InChI is InChI=1S/C14H24N2O3/c1-14(2)6-3-4-11(8-14)15-13(19)16-7-5-10(9-16)12(17)18/h10-11H,3-9H2,1-2H3,(H,15,19)(H,17,18). The first-order chi connectivity index (χ1) is 8.87. The summed E-state index contributed by atoms with van der Waals surface area (Å²) in [6, 6.07) is 0.145. The Morgan fingerprint density at radius 3 is 2.63 bits per heavy atom. The Kier molecular flexibility index (Phi) is 4.02. The summed E-state index contributed by atoms with van der Waals surface area (Å²) in [5.74, 6) is -1.19. The predicted octanol–water partition coefficient (Wildman–Crippen LogP) is 2.07. The van der Waals surface area contributed by atoms with E-state index in [9.17, 15) is 9.59 Å². The van der Waals surface area contributed by atoms with Crippen molar-refractivity contribution in [3.05, 3.63) is 0 Å². The topological polar surface area (TPSA) is 69.6 Å². The van der Waals surface area contributed by atoms with Crippen LogP contribution < -0.4 is 5.32 Å². The highest BCUT2D eigenvalue weighted by molar-refractivity contribution is 5.77. The van der Waals surface area contributed by atoms with E-state index in [4.69, 9.17) is 5.11 Å². The lowest BCUT2D eigenvalue weighted by Crippen LogP contribution is -2.46. The van der Waals surface area contributed by atoms with Crippen LogP contribution in [0, 0.1) is 11.3 Å². The molecular formula is C14H24N2O3. The Labute approximate surface area is 114 Å². The molecule has 5 heteroatoms. The van der Waals surface area contributed by atoms with Crippen molar-refractivity contribution in [3.63, 3.8) is 0 Å². The monoisotopic (exact) mass is 268 g/mol. The first-order valence-electron chi connectivity index (χ1n) is 7.16. The van der Waals surface area contributed by atoms with Gasteiger partial charge in [0, 0.05) is 19.1 Å². The minimum absolute atomic E-state index is 0.0912. The zero-order valence-electron chi connectivity index (χ0n) is 11.8. The third-order valence-electron chi connectivity index (χ3n) is 4.36. The maximum atomic E-state index is 12.1. The fraction of sp³-hybridized carbons (Fsp3) is 0.857. The second kappa shape index (κ2) is 5.39. The lowest BCUT2D eigenvalue weighted by Gasteiger charge is -2.36. The van der Waals surface area contributed by atoms with Crippen molar-refractivity contribution in [2.24, 2.45) is 11.3 Å². The lowest BCUT2D eigenvalue weighted by atomic mass is 9.75. The van der Waals surface area contributed by atoms with Gasteiger partial charge in [-0.1, -0.05) is 20.3 Å². The van der Waals surface area contributed by atoms with E-state index in [1.54, 1.807) is 4.90 Å². The van der Waals surface area contributed by atoms with E-state index in [1.165, 1.54) is 6.42 Å². The summed E-state index contributed by atoms with van der Waals surface area (Å²) in [5, 5.41) is 12.0. The first kappa shape index (κ1) is 14.2. The molecule has 1 heterocycles. The van der Waals surface area contributed by atoms with Crippen LogP contribution in [0.25, 0.3) is 0 Å². The highest BCUT2D eigenvalue weighted by Crippen LogP contribution is 2.35. The number of nitrogens with one attached hydrogen (secondary N) is 1. The van der Waals surface area contributed by atoms with Crippen LogP contribution in [-0.2, 0) is 4.79 Å². The SMILES string of the molecule is CC1(C)CCCC(NC(=O)N2CCC(C(=O)O)C2)C1. The molecule has 2 amide bonds. The van der Waals surface area contributed by atoms with E-state index in [-0.39, 0.29) is 12.1 Å². The molecule has 0 spiro atoms. The van der Waals surface area contributed by atoms with Gasteiger partial charge in [0.15, 0.2) is 0 Å². The number of aliphatic carboxylic acids is 1. The number of carboxylic acids is 1. The molecule has 0 bridgehead atoms. The van der Waals surface area contributed by atoms with Crippen molar-refractivity contribution < 1.29 is 14.7 Å². The number of carboxylic acid groups (broad SMARTS) is 1. The summed E-state index contributed by atoms with van der Waals surface area (Å²) in [4.78, 5) is 24.6. The number of carbonyl (C=O) groups is 2. The summed E-state index contributed by atoms with van der Waals surface area (Å²) in [7, 11) is 0. The van der Waals surface area contributed by atoms with E-state index in [0.29, 0.717) is 24.9 Å². The number of nitrogens with zero attached hydrogens (tertiary/aromatic N) is 1. The lowest BCUT2D eigenvalue weighted by molar-refractivity contribution is -0.141. The Balaban J connectivity index is 1.83. The summed E-state index contributed by atoms with van der Waals surface area (Å²) >= 11 is 0. The van der Waals surface area contributed by atoms with Gasteiger partial charge in [-0.2, -0.15) is 0 Å². The van der Waals surface area contributed by atoms with Crippen LogP contribution in [-0.4, -0.2) is 41.1 Å². The van der Waals surface area contributed by atoms with Gasteiger partial charge >= 0.3 is 12.0 Å². The van der Waals surface area contributed by atoms with Crippen molar-refractivity contribution in [1.82, 2.24) is 10.2 Å². The maximum absolute atomic E-state index is 12.1. The molecule has 108 valence electrons. The average molecular weight is 268 g/mol. The summed E-state index contributed by atoms with van der Waals surface area (Å²) < 4.78 is 0. The molecule has 0 aromatic carbocycles. The fourth-order valence-corrected chi connectivity index (χ4v) is 3.23. The third-order valence-corrected chi connectivity index (χ3v) is 4.36. The van der Waals surface area contributed by atoms with E-state index < -0.39 is 11.9 Å². The van der Waals surface area contributed by atoms with Gasteiger partial charge in [0.25, 0.3) is 0 Å². The van der Waals surface area contributed by atoms with Gasteiger partial charge in [0.1, 0.15) is 0 Å². The Bertz CT molecular complexity index is 368. The molecule has 2 rings (SSSR count). The molecule has 2 atom stereocenters. The minimum Gasteiger partial charge on any atom is -0.481 e. The van der Waals surface area contributed by atoms with Gasteiger partial charge in [-0.05, 0) is 31.1 Å². The highest BCUT2D eigenvalue weighted by atomic mass is 16.4. The molecule has 0 radical (unpaired) electrons. The molecule has 0 aromatic heterocycles. The summed E-state index contributed by atoms with van der Waals surface area (Å²) in [6.45, 7) is 5.37. The Morgan fingerprint density at radius 1 is 1.32 bits per heavy atom. The van der Waals surface area contributed by atoms with Crippen molar-refractivity contribution in [3.8, 4) is 0 Å². The molecule has 19 heavy (non-hydrogen) atoms. The molecule has 0 aromatic rings. The molecule has 1 aliphatic heterocycles. The van der Waals surface area contributed by atoms with Crippen LogP contribution in [0.15, 0.2) is 0 Å². The molecule has 2 unspecified atom stereocenters. The average Bonchev–Trinajstić information content (AvgIpc) is 2.76. The van der Waals surface area contributed by atoms with Gasteiger partial charge in [-0.15, -0.1) is 0 Å². The second-order valence-corrected chi connectivity index (χ2v) is 6.68. The highest BCUT2D eigenvalue weighted by Gasteiger charge is 2.33.